The van der Waals surface area contributed by atoms with Gasteiger partial charge in [-0.05, 0) is 139 Å². The lowest BCUT2D eigenvalue weighted by Crippen LogP contribution is -2.44. The maximum absolute atomic E-state index is 7.78. The number of rotatable bonds is 7. The van der Waals surface area contributed by atoms with E-state index < -0.39 is 5.60 Å². The molecular formula is C50H50O4. The van der Waals surface area contributed by atoms with Crippen LogP contribution in [0.3, 0.4) is 0 Å². The SMILES string of the molecule is CCOc1ccc(C2(c3ccc(OCC)cc3)C=Cc3c4c(c5cc(C)c(-c6ccco6)cc5c3O2)-c2ccccc2C42CC(C)(C)CC(C)(C)C2)cc1. The molecule has 2 aliphatic carbocycles. The molecule has 1 saturated carbocycles. The van der Waals surface area contributed by atoms with Crippen LogP contribution in [-0.4, -0.2) is 13.2 Å². The molecule has 1 aromatic heterocycles. The van der Waals surface area contributed by atoms with Gasteiger partial charge in [0, 0.05) is 33.1 Å². The van der Waals surface area contributed by atoms with Gasteiger partial charge in [-0.2, -0.15) is 0 Å². The molecule has 0 radical (unpaired) electrons. The molecule has 1 aliphatic heterocycles. The van der Waals surface area contributed by atoms with Crippen molar-refractivity contribution in [2.24, 2.45) is 10.8 Å². The zero-order valence-corrected chi connectivity index (χ0v) is 32.6. The Labute approximate surface area is 319 Å². The van der Waals surface area contributed by atoms with E-state index in [2.05, 4.69) is 138 Å². The van der Waals surface area contributed by atoms with Crippen LogP contribution in [-0.2, 0) is 11.0 Å². The van der Waals surface area contributed by atoms with Gasteiger partial charge in [0.1, 0.15) is 23.0 Å². The summed E-state index contributed by atoms with van der Waals surface area (Å²) in [6, 6.07) is 34.7. The molecule has 6 aromatic rings. The van der Waals surface area contributed by atoms with E-state index in [1.807, 2.05) is 19.9 Å². The van der Waals surface area contributed by atoms with Gasteiger partial charge in [0.05, 0.1) is 19.5 Å². The van der Waals surface area contributed by atoms with Crippen LogP contribution in [0.1, 0.15) is 94.2 Å². The Bertz CT molecular complexity index is 2340. The first-order chi connectivity index (χ1) is 26.0. The minimum absolute atomic E-state index is 0.144. The van der Waals surface area contributed by atoms with Crippen LogP contribution in [0.15, 0.2) is 114 Å². The summed E-state index contributed by atoms with van der Waals surface area (Å²) in [6.45, 7) is 17.3. The molecule has 0 N–H and O–H groups in total. The summed E-state index contributed by atoms with van der Waals surface area (Å²) in [7, 11) is 0. The molecule has 0 amide bonds. The zero-order chi connectivity index (χ0) is 37.5. The van der Waals surface area contributed by atoms with Crippen molar-refractivity contribution in [2.45, 2.75) is 78.7 Å². The molecule has 0 unspecified atom stereocenters. The zero-order valence-electron chi connectivity index (χ0n) is 32.6. The molecule has 4 nitrogen and oxygen atoms in total. The van der Waals surface area contributed by atoms with Crippen LogP contribution < -0.4 is 14.2 Å². The standard InChI is InChI=1S/C50H50O4/c1-8-51-35-20-16-33(17-21-35)50(34-18-22-36(23-19-34)52-9-2)25-24-38-45-44(40-27-32(3)39(43-15-12-26-53-43)28-41(40)46(38)54-50)37-13-10-11-14-42(37)49(45)30-47(4,5)29-48(6,7)31-49/h10-28H,8-9,29-31H2,1-7H3. The van der Waals surface area contributed by atoms with Crippen molar-refractivity contribution in [3.05, 3.63) is 143 Å². The van der Waals surface area contributed by atoms with E-state index in [9.17, 15) is 0 Å². The Morgan fingerprint density at radius 2 is 1.30 bits per heavy atom. The fourth-order valence-electron chi connectivity index (χ4n) is 10.9. The highest BCUT2D eigenvalue weighted by Crippen LogP contribution is 2.67. The fourth-order valence-corrected chi connectivity index (χ4v) is 10.9. The highest BCUT2D eigenvalue weighted by molar-refractivity contribution is 6.10. The van der Waals surface area contributed by atoms with Gasteiger partial charge < -0.3 is 18.6 Å². The number of hydrogen-bond donors (Lipinski definition) is 0. The van der Waals surface area contributed by atoms with E-state index in [-0.39, 0.29) is 16.2 Å². The van der Waals surface area contributed by atoms with Crippen molar-refractivity contribution in [2.75, 3.05) is 13.2 Å². The highest BCUT2D eigenvalue weighted by atomic mass is 16.5. The van der Waals surface area contributed by atoms with Crippen molar-refractivity contribution in [1.29, 1.82) is 0 Å². The average molecular weight is 715 g/mol. The third-order valence-electron chi connectivity index (χ3n) is 12.1. The lowest BCUT2D eigenvalue weighted by Gasteiger charge is -2.52. The predicted molar refractivity (Wildman–Crippen MR) is 220 cm³/mol. The lowest BCUT2D eigenvalue weighted by molar-refractivity contribution is 0.0642. The molecule has 0 bridgehead atoms. The number of ether oxygens (including phenoxy) is 3. The molecule has 1 fully saturated rings. The second kappa shape index (κ2) is 12.4. The van der Waals surface area contributed by atoms with Gasteiger partial charge in [-0.1, -0.05) is 82.3 Å². The first-order valence-electron chi connectivity index (χ1n) is 19.6. The molecule has 5 aromatic carbocycles. The molecule has 0 saturated heterocycles. The van der Waals surface area contributed by atoms with Crippen LogP contribution in [0.25, 0.3) is 39.3 Å². The van der Waals surface area contributed by atoms with Crippen LogP contribution in [0, 0.1) is 17.8 Å². The molecule has 0 atom stereocenters. The molecule has 274 valence electrons. The van der Waals surface area contributed by atoms with Gasteiger partial charge >= 0.3 is 0 Å². The van der Waals surface area contributed by atoms with E-state index in [1.54, 1.807) is 6.26 Å². The summed E-state index contributed by atoms with van der Waals surface area (Å²) in [6.07, 6.45) is 9.78. The Hall–Kier alpha value is -5.22. The van der Waals surface area contributed by atoms with E-state index >= 15 is 0 Å². The average Bonchev–Trinajstić information content (AvgIpc) is 3.77. The Kier molecular flexibility index (Phi) is 7.94. The minimum Gasteiger partial charge on any atom is -0.494 e. The summed E-state index contributed by atoms with van der Waals surface area (Å²) >= 11 is 0. The van der Waals surface area contributed by atoms with Crippen molar-refractivity contribution >= 4 is 16.8 Å². The lowest BCUT2D eigenvalue weighted by atomic mass is 9.52. The van der Waals surface area contributed by atoms with Crippen LogP contribution in [0.4, 0.5) is 0 Å². The third kappa shape index (κ3) is 5.32. The summed E-state index contributed by atoms with van der Waals surface area (Å²) < 4.78 is 25.6. The number of furan rings is 1. The third-order valence-corrected chi connectivity index (χ3v) is 12.1. The molecule has 4 heteroatoms. The predicted octanol–water partition coefficient (Wildman–Crippen LogP) is 13.1. The normalized spacial score (nSPS) is 18.1. The number of aryl methyl sites for hydroxylation is 1. The molecule has 54 heavy (non-hydrogen) atoms. The maximum Gasteiger partial charge on any atom is 0.178 e. The topological polar surface area (TPSA) is 40.8 Å². The quantitative estimate of drug-likeness (QED) is 0.165. The van der Waals surface area contributed by atoms with Gasteiger partial charge in [-0.15, -0.1) is 0 Å². The summed E-state index contributed by atoms with van der Waals surface area (Å²) in [5.41, 5.74) is 10.3. The van der Waals surface area contributed by atoms with Crippen LogP contribution in [0.5, 0.6) is 17.2 Å². The van der Waals surface area contributed by atoms with Crippen LogP contribution >= 0.6 is 0 Å². The minimum atomic E-state index is -0.914. The molecule has 1 spiro atoms. The maximum atomic E-state index is 7.78. The molecule has 3 aliphatic rings. The Balaban J connectivity index is 1.37. The second-order valence-electron chi connectivity index (χ2n) is 17.3. The number of benzene rings is 5. The summed E-state index contributed by atoms with van der Waals surface area (Å²) in [4.78, 5) is 0. The van der Waals surface area contributed by atoms with Crippen LogP contribution in [0.2, 0.25) is 0 Å². The number of hydrogen-bond acceptors (Lipinski definition) is 4. The molecule has 2 heterocycles. The largest absolute Gasteiger partial charge is 0.494 e. The van der Waals surface area contributed by atoms with E-state index in [0.29, 0.717) is 13.2 Å². The van der Waals surface area contributed by atoms with Crippen molar-refractivity contribution in [1.82, 2.24) is 0 Å². The van der Waals surface area contributed by atoms with Gasteiger partial charge in [0.15, 0.2) is 5.60 Å². The second-order valence-corrected chi connectivity index (χ2v) is 17.3. The highest BCUT2D eigenvalue weighted by Gasteiger charge is 2.55. The van der Waals surface area contributed by atoms with Gasteiger partial charge in [-0.25, -0.2) is 0 Å². The molecule has 9 rings (SSSR count). The van der Waals surface area contributed by atoms with E-state index in [1.165, 1.54) is 45.2 Å². The smallest absolute Gasteiger partial charge is 0.178 e. The molecular weight excluding hydrogens is 665 g/mol. The van der Waals surface area contributed by atoms with E-state index in [4.69, 9.17) is 18.6 Å². The first kappa shape index (κ1) is 34.5. The fraction of sp³-hybridized carbons (Fsp3) is 0.320. The van der Waals surface area contributed by atoms with Gasteiger partial charge in [0.25, 0.3) is 0 Å². The van der Waals surface area contributed by atoms with E-state index in [0.717, 1.165) is 57.9 Å². The van der Waals surface area contributed by atoms with Gasteiger partial charge in [-0.3, -0.25) is 0 Å². The summed E-state index contributed by atoms with van der Waals surface area (Å²) in [5, 5.41) is 2.32. The van der Waals surface area contributed by atoms with Crippen molar-refractivity contribution in [3.63, 3.8) is 0 Å². The van der Waals surface area contributed by atoms with Crippen molar-refractivity contribution in [3.8, 4) is 39.7 Å². The Morgan fingerprint density at radius 3 is 1.89 bits per heavy atom. The Morgan fingerprint density at radius 1 is 0.667 bits per heavy atom. The summed E-state index contributed by atoms with van der Waals surface area (Å²) in [5.74, 6) is 3.45. The number of fused-ring (bicyclic) bond motifs is 10. The monoisotopic (exact) mass is 714 g/mol. The van der Waals surface area contributed by atoms with Crippen molar-refractivity contribution < 1.29 is 18.6 Å². The first-order valence-corrected chi connectivity index (χ1v) is 19.6. The van der Waals surface area contributed by atoms with Gasteiger partial charge in [0.2, 0.25) is 0 Å².